The summed E-state index contributed by atoms with van der Waals surface area (Å²) >= 11 is 0. The number of methoxy groups -OCH3 is 1. The Morgan fingerprint density at radius 2 is 1.79 bits per heavy atom. The van der Waals surface area contributed by atoms with E-state index in [2.05, 4.69) is 12.2 Å². The van der Waals surface area contributed by atoms with Crippen LogP contribution in [0.25, 0.3) is 0 Å². The Labute approximate surface area is 86.9 Å². The molecule has 0 aromatic heterocycles. The summed E-state index contributed by atoms with van der Waals surface area (Å²) in [6.07, 6.45) is 0.948. The van der Waals surface area contributed by atoms with Gasteiger partial charge in [0.05, 0.1) is 19.8 Å². The molecule has 0 aromatic carbocycles. The van der Waals surface area contributed by atoms with Crippen LogP contribution in [-0.4, -0.2) is 53.2 Å². The minimum Gasteiger partial charge on any atom is -0.385 e. The highest BCUT2D eigenvalue weighted by Gasteiger charge is 1.96. The zero-order chi connectivity index (χ0) is 10.6. The summed E-state index contributed by atoms with van der Waals surface area (Å²) in [6, 6.07) is 0.406. The average molecular weight is 205 g/mol. The lowest BCUT2D eigenvalue weighted by Gasteiger charge is -2.10. The van der Waals surface area contributed by atoms with E-state index in [1.807, 2.05) is 7.05 Å². The normalized spacial score (nSPS) is 13.1. The van der Waals surface area contributed by atoms with E-state index < -0.39 is 0 Å². The van der Waals surface area contributed by atoms with Crippen LogP contribution in [0.2, 0.25) is 0 Å². The zero-order valence-electron chi connectivity index (χ0n) is 9.54. The fourth-order valence-electron chi connectivity index (χ4n) is 0.869. The molecule has 0 aliphatic carbocycles. The second-order valence-electron chi connectivity index (χ2n) is 3.22. The van der Waals surface area contributed by atoms with Gasteiger partial charge in [0, 0.05) is 26.4 Å². The maximum Gasteiger partial charge on any atom is 0.0701 e. The molecule has 0 aromatic rings. The monoisotopic (exact) mass is 205 g/mol. The third-order valence-electron chi connectivity index (χ3n) is 1.87. The second-order valence-corrected chi connectivity index (χ2v) is 3.22. The molecule has 14 heavy (non-hydrogen) atoms. The van der Waals surface area contributed by atoms with Gasteiger partial charge in [-0.25, -0.2) is 0 Å². The van der Waals surface area contributed by atoms with Crippen molar-refractivity contribution in [2.75, 3.05) is 47.2 Å². The first-order valence-electron chi connectivity index (χ1n) is 5.13. The second kappa shape index (κ2) is 10.9. The third kappa shape index (κ3) is 9.92. The van der Waals surface area contributed by atoms with Crippen LogP contribution in [0, 0.1) is 0 Å². The van der Waals surface area contributed by atoms with E-state index in [4.69, 9.17) is 14.2 Å². The van der Waals surface area contributed by atoms with Gasteiger partial charge in [-0.2, -0.15) is 0 Å². The van der Waals surface area contributed by atoms with Crippen LogP contribution in [0.4, 0.5) is 0 Å². The molecule has 4 nitrogen and oxygen atoms in total. The van der Waals surface area contributed by atoms with Gasteiger partial charge >= 0.3 is 0 Å². The number of rotatable bonds is 10. The summed E-state index contributed by atoms with van der Waals surface area (Å²) in [5.41, 5.74) is 0. The molecule has 0 heterocycles. The highest BCUT2D eigenvalue weighted by atomic mass is 16.5. The van der Waals surface area contributed by atoms with E-state index in [1.165, 1.54) is 0 Å². The Balaban J connectivity index is 2.92. The van der Waals surface area contributed by atoms with Crippen molar-refractivity contribution in [2.24, 2.45) is 0 Å². The minimum absolute atomic E-state index is 0.406. The first-order valence-corrected chi connectivity index (χ1v) is 5.13. The summed E-state index contributed by atoms with van der Waals surface area (Å²) < 4.78 is 15.6. The van der Waals surface area contributed by atoms with Gasteiger partial charge in [0.25, 0.3) is 0 Å². The molecule has 1 unspecified atom stereocenters. The van der Waals surface area contributed by atoms with E-state index in [0.29, 0.717) is 19.3 Å². The van der Waals surface area contributed by atoms with Gasteiger partial charge in [-0.15, -0.1) is 0 Å². The molecular formula is C10H23NO3. The van der Waals surface area contributed by atoms with E-state index >= 15 is 0 Å². The molecule has 0 bridgehead atoms. The van der Waals surface area contributed by atoms with Crippen molar-refractivity contribution in [1.29, 1.82) is 0 Å². The molecule has 0 rings (SSSR count). The molecule has 0 spiro atoms. The van der Waals surface area contributed by atoms with Crippen molar-refractivity contribution < 1.29 is 14.2 Å². The third-order valence-corrected chi connectivity index (χ3v) is 1.87. The number of ether oxygens (including phenoxy) is 3. The first kappa shape index (κ1) is 13.8. The highest BCUT2D eigenvalue weighted by molar-refractivity contribution is 4.53. The van der Waals surface area contributed by atoms with Gasteiger partial charge in [-0.1, -0.05) is 0 Å². The maximum absolute atomic E-state index is 5.37. The Morgan fingerprint density at radius 3 is 2.43 bits per heavy atom. The Morgan fingerprint density at radius 1 is 1.07 bits per heavy atom. The molecule has 86 valence electrons. The van der Waals surface area contributed by atoms with Gasteiger partial charge in [-0.3, -0.25) is 0 Å². The van der Waals surface area contributed by atoms with Crippen LogP contribution in [-0.2, 0) is 14.2 Å². The maximum atomic E-state index is 5.37. The standard InChI is InChI=1S/C10H23NO3/c1-10(11-2)9-14-8-7-13-6-4-5-12-3/h10-11H,4-9H2,1-3H3. The molecule has 0 aliphatic heterocycles. The molecule has 0 aliphatic rings. The number of nitrogens with one attached hydrogen (secondary N) is 1. The predicted octanol–water partition coefficient (Wildman–Crippen LogP) is 0.664. The Bertz CT molecular complexity index is 112. The lowest BCUT2D eigenvalue weighted by Crippen LogP contribution is -2.27. The van der Waals surface area contributed by atoms with Crippen molar-refractivity contribution in [3.05, 3.63) is 0 Å². The van der Waals surface area contributed by atoms with Gasteiger partial charge in [0.2, 0.25) is 0 Å². The smallest absolute Gasteiger partial charge is 0.0701 e. The van der Waals surface area contributed by atoms with Crippen molar-refractivity contribution in [3.8, 4) is 0 Å². The van der Waals surface area contributed by atoms with Crippen molar-refractivity contribution >= 4 is 0 Å². The van der Waals surface area contributed by atoms with Gasteiger partial charge in [0.1, 0.15) is 0 Å². The van der Waals surface area contributed by atoms with Crippen LogP contribution in [0.3, 0.4) is 0 Å². The van der Waals surface area contributed by atoms with Crippen molar-refractivity contribution in [3.63, 3.8) is 0 Å². The van der Waals surface area contributed by atoms with Crippen LogP contribution in [0.5, 0.6) is 0 Å². The lowest BCUT2D eigenvalue weighted by molar-refractivity contribution is 0.0346. The number of likely N-dealkylation sites (N-methyl/N-ethyl adjacent to an activating group) is 1. The summed E-state index contributed by atoms with van der Waals surface area (Å²) in [5.74, 6) is 0. The first-order chi connectivity index (χ1) is 6.81. The van der Waals surface area contributed by atoms with Crippen molar-refractivity contribution in [2.45, 2.75) is 19.4 Å². The average Bonchev–Trinajstić information content (AvgIpc) is 2.21. The fraction of sp³-hybridized carbons (Fsp3) is 1.00. The Kier molecular flexibility index (Phi) is 10.8. The molecule has 1 atom stereocenters. The Hall–Kier alpha value is -0.160. The minimum atomic E-state index is 0.406. The van der Waals surface area contributed by atoms with Crippen LogP contribution < -0.4 is 5.32 Å². The largest absolute Gasteiger partial charge is 0.385 e. The summed E-state index contributed by atoms with van der Waals surface area (Å²) in [4.78, 5) is 0. The molecule has 0 fully saturated rings. The quantitative estimate of drug-likeness (QED) is 0.532. The summed E-state index contributed by atoms with van der Waals surface area (Å²) in [7, 11) is 3.62. The molecule has 0 saturated heterocycles. The van der Waals surface area contributed by atoms with Crippen LogP contribution >= 0.6 is 0 Å². The van der Waals surface area contributed by atoms with Gasteiger partial charge in [0.15, 0.2) is 0 Å². The van der Waals surface area contributed by atoms with Crippen LogP contribution in [0.15, 0.2) is 0 Å². The molecule has 0 amide bonds. The molecular weight excluding hydrogens is 182 g/mol. The van der Waals surface area contributed by atoms with E-state index in [-0.39, 0.29) is 0 Å². The van der Waals surface area contributed by atoms with Crippen molar-refractivity contribution in [1.82, 2.24) is 5.32 Å². The summed E-state index contributed by atoms with van der Waals surface area (Å²) in [5, 5.41) is 3.10. The molecule has 0 saturated carbocycles. The lowest BCUT2D eigenvalue weighted by atomic mass is 10.4. The highest BCUT2D eigenvalue weighted by Crippen LogP contribution is 1.86. The van der Waals surface area contributed by atoms with E-state index in [9.17, 15) is 0 Å². The number of hydrogen-bond acceptors (Lipinski definition) is 4. The molecule has 4 heteroatoms. The van der Waals surface area contributed by atoms with Gasteiger partial charge < -0.3 is 19.5 Å². The molecule has 0 radical (unpaired) electrons. The SMILES string of the molecule is CNC(C)COCCOCCCOC. The summed E-state index contributed by atoms with van der Waals surface area (Å²) in [6.45, 7) is 5.66. The van der Waals surface area contributed by atoms with Crippen LogP contribution in [0.1, 0.15) is 13.3 Å². The molecule has 1 N–H and O–H groups in total. The van der Waals surface area contributed by atoms with E-state index in [0.717, 1.165) is 26.2 Å². The number of hydrogen-bond donors (Lipinski definition) is 1. The van der Waals surface area contributed by atoms with Gasteiger partial charge in [-0.05, 0) is 20.4 Å². The zero-order valence-corrected chi connectivity index (χ0v) is 9.54. The fourth-order valence-corrected chi connectivity index (χ4v) is 0.869. The van der Waals surface area contributed by atoms with E-state index in [1.54, 1.807) is 7.11 Å². The predicted molar refractivity (Wildman–Crippen MR) is 56.7 cm³/mol. The topological polar surface area (TPSA) is 39.7 Å².